The maximum absolute atomic E-state index is 12.9. The third-order valence-electron chi connectivity index (χ3n) is 3.11. The number of amides is 1. The van der Waals surface area contributed by atoms with Crippen LogP contribution in [0.4, 0.5) is 4.39 Å². The second-order valence-electron chi connectivity index (χ2n) is 4.51. The fourth-order valence-electron chi connectivity index (χ4n) is 2.25. The molecule has 1 aromatic rings. The van der Waals surface area contributed by atoms with Crippen molar-refractivity contribution in [3.05, 3.63) is 35.6 Å². The number of nitrogens with zero attached hydrogens (tertiary/aromatic N) is 1. The molecule has 1 N–H and O–H groups in total. The maximum atomic E-state index is 12.9. The van der Waals surface area contributed by atoms with Gasteiger partial charge in [0.1, 0.15) is 5.82 Å². The van der Waals surface area contributed by atoms with Crippen molar-refractivity contribution >= 4 is 23.5 Å². The van der Waals surface area contributed by atoms with Gasteiger partial charge >= 0.3 is 5.97 Å². The number of hydrogen-bond donors (Lipinski definition) is 1. The van der Waals surface area contributed by atoms with Gasteiger partial charge in [-0.2, -0.15) is 0 Å². The van der Waals surface area contributed by atoms with E-state index in [1.54, 1.807) is 0 Å². The van der Waals surface area contributed by atoms with Gasteiger partial charge in [0.2, 0.25) is 5.91 Å². The van der Waals surface area contributed by atoms with E-state index in [4.69, 9.17) is 16.7 Å². The van der Waals surface area contributed by atoms with Crippen LogP contribution in [-0.2, 0) is 9.59 Å². The fraction of sp³-hybridized carbons (Fsp3) is 0.385. The average Bonchev–Trinajstić information content (AvgIpc) is 2.66. The highest BCUT2D eigenvalue weighted by atomic mass is 35.5. The summed E-state index contributed by atoms with van der Waals surface area (Å²) < 4.78 is 12.9. The predicted octanol–water partition coefficient (Wildman–Crippen LogP) is 2.18. The van der Waals surface area contributed by atoms with Crippen molar-refractivity contribution in [1.29, 1.82) is 0 Å². The molecule has 1 fully saturated rings. The van der Waals surface area contributed by atoms with Crippen molar-refractivity contribution in [2.45, 2.75) is 24.3 Å². The minimum Gasteiger partial charge on any atom is -0.481 e. The van der Waals surface area contributed by atoms with Gasteiger partial charge in [-0.1, -0.05) is 12.1 Å². The van der Waals surface area contributed by atoms with Gasteiger partial charge in [-0.3, -0.25) is 9.59 Å². The molecule has 1 heterocycles. The second-order valence-corrected chi connectivity index (χ2v) is 5.13. The topological polar surface area (TPSA) is 57.6 Å². The van der Waals surface area contributed by atoms with E-state index in [1.807, 2.05) is 0 Å². The predicted molar refractivity (Wildman–Crippen MR) is 67.4 cm³/mol. The summed E-state index contributed by atoms with van der Waals surface area (Å²) in [6.45, 7) is 0.315. The normalized spacial score (nSPS) is 20.6. The molecule has 19 heavy (non-hydrogen) atoms. The molecule has 1 aromatic carbocycles. The van der Waals surface area contributed by atoms with Gasteiger partial charge in [0, 0.05) is 13.0 Å². The number of hydrogen-bond acceptors (Lipinski definition) is 2. The van der Waals surface area contributed by atoms with Gasteiger partial charge in [0.15, 0.2) is 0 Å². The number of carboxylic acids is 1. The lowest BCUT2D eigenvalue weighted by Gasteiger charge is -2.27. The van der Waals surface area contributed by atoms with Crippen LogP contribution in [0.5, 0.6) is 0 Å². The van der Waals surface area contributed by atoms with E-state index in [0.29, 0.717) is 12.1 Å². The zero-order chi connectivity index (χ0) is 14.0. The Kier molecular flexibility index (Phi) is 4.04. The Bertz CT molecular complexity index is 491. The lowest BCUT2D eigenvalue weighted by Crippen LogP contribution is -2.32. The molecule has 2 unspecified atom stereocenters. The highest BCUT2D eigenvalue weighted by Gasteiger charge is 2.35. The maximum Gasteiger partial charge on any atom is 0.305 e. The smallest absolute Gasteiger partial charge is 0.305 e. The molecule has 4 nitrogen and oxygen atoms in total. The molecule has 0 aromatic heterocycles. The van der Waals surface area contributed by atoms with Gasteiger partial charge in [-0.15, -0.1) is 11.6 Å². The molecule has 0 bridgehead atoms. The quantitative estimate of drug-likeness (QED) is 0.863. The van der Waals surface area contributed by atoms with Gasteiger partial charge in [-0.05, 0) is 17.7 Å². The zero-order valence-corrected chi connectivity index (χ0v) is 10.8. The first kappa shape index (κ1) is 13.8. The molecule has 1 amide bonds. The molecule has 2 rings (SSSR count). The highest BCUT2D eigenvalue weighted by molar-refractivity contribution is 6.22. The zero-order valence-electron chi connectivity index (χ0n) is 10.1. The number of carbonyl (C=O) groups excluding carboxylic acids is 1. The van der Waals surface area contributed by atoms with Crippen LogP contribution in [0.1, 0.15) is 24.4 Å². The van der Waals surface area contributed by atoms with Crippen LogP contribution in [0.25, 0.3) is 0 Å². The number of benzene rings is 1. The van der Waals surface area contributed by atoms with Crippen molar-refractivity contribution < 1.29 is 19.1 Å². The Balaban J connectivity index is 2.28. The standard InChI is InChI=1S/C13H13ClFNO3/c14-9-5-12(17)16(7-9)11(6-13(18)19)8-1-3-10(15)4-2-8/h1-4,9,11H,5-7H2,(H,18,19). The van der Waals surface area contributed by atoms with Crippen molar-refractivity contribution in [3.63, 3.8) is 0 Å². The van der Waals surface area contributed by atoms with Crippen molar-refractivity contribution in [3.8, 4) is 0 Å². The molecular weight excluding hydrogens is 273 g/mol. The number of carbonyl (C=O) groups is 2. The van der Waals surface area contributed by atoms with Crippen LogP contribution in [-0.4, -0.2) is 33.8 Å². The largest absolute Gasteiger partial charge is 0.481 e. The fourth-order valence-corrected chi connectivity index (χ4v) is 2.53. The van der Waals surface area contributed by atoms with Crippen molar-refractivity contribution in [2.75, 3.05) is 6.54 Å². The minimum absolute atomic E-state index is 0.171. The Labute approximate surface area is 114 Å². The summed E-state index contributed by atoms with van der Waals surface area (Å²) >= 11 is 5.93. The first-order valence-electron chi connectivity index (χ1n) is 5.88. The third kappa shape index (κ3) is 3.23. The van der Waals surface area contributed by atoms with E-state index in [9.17, 15) is 14.0 Å². The summed E-state index contributed by atoms with van der Waals surface area (Å²) in [7, 11) is 0. The molecule has 2 atom stereocenters. The molecular formula is C13H13ClFNO3. The van der Waals surface area contributed by atoms with Crippen LogP contribution in [0.2, 0.25) is 0 Å². The van der Waals surface area contributed by atoms with E-state index >= 15 is 0 Å². The lowest BCUT2D eigenvalue weighted by molar-refractivity contribution is -0.139. The average molecular weight is 286 g/mol. The third-order valence-corrected chi connectivity index (χ3v) is 3.40. The van der Waals surface area contributed by atoms with E-state index in [2.05, 4.69) is 0 Å². The van der Waals surface area contributed by atoms with Crippen LogP contribution in [0, 0.1) is 5.82 Å². The second kappa shape index (κ2) is 5.57. The number of likely N-dealkylation sites (tertiary alicyclic amines) is 1. The van der Waals surface area contributed by atoms with Crippen LogP contribution >= 0.6 is 11.6 Å². The Morgan fingerprint density at radius 3 is 2.58 bits per heavy atom. The van der Waals surface area contributed by atoms with E-state index in [-0.39, 0.29) is 24.1 Å². The van der Waals surface area contributed by atoms with Crippen molar-refractivity contribution in [2.24, 2.45) is 0 Å². The van der Waals surface area contributed by atoms with Gasteiger partial charge in [-0.25, -0.2) is 4.39 Å². The molecule has 0 spiro atoms. The molecule has 1 saturated heterocycles. The molecule has 0 saturated carbocycles. The Morgan fingerprint density at radius 2 is 2.11 bits per heavy atom. The number of halogens is 2. The molecule has 6 heteroatoms. The summed E-state index contributed by atoms with van der Waals surface area (Å²) in [6.07, 6.45) is -0.0140. The van der Waals surface area contributed by atoms with Gasteiger partial charge in [0.05, 0.1) is 17.8 Å². The van der Waals surface area contributed by atoms with E-state index < -0.39 is 17.8 Å². The first-order chi connectivity index (χ1) is 8.97. The summed E-state index contributed by atoms with van der Waals surface area (Å²) in [4.78, 5) is 24.2. The number of rotatable bonds is 4. The van der Waals surface area contributed by atoms with Crippen molar-refractivity contribution in [1.82, 2.24) is 4.90 Å². The molecule has 1 aliphatic heterocycles. The number of alkyl halides is 1. The molecule has 0 radical (unpaired) electrons. The van der Waals surface area contributed by atoms with Gasteiger partial charge < -0.3 is 10.0 Å². The first-order valence-corrected chi connectivity index (χ1v) is 6.32. The molecule has 102 valence electrons. The highest BCUT2D eigenvalue weighted by Crippen LogP contribution is 2.30. The van der Waals surface area contributed by atoms with Gasteiger partial charge in [0.25, 0.3) is 0 Å². The number of carboxylic acid groups (broad SMARTS) is 1. The number of aliphatic carboxylic acids is 1. The van der Waals surface area contributed by atoms with E-state index in [0.717, 1.165) is 0 Å². The molecule has 1 aliphatic rings. The monoisotopic (exact) mass is 285 g/mol. The van der Waals surface area contributed by atoms with Crippen LogP contribution in [0.3, 0.4) is 0 Å². The lowest BCUT2D eigenvalue weighted by atomic mass is 10.0. The Hall–Kier alpha value is -1.62. The summed E-state index contributed by atoms with van der Waals surface area (Å²) in [5.41, 5.74) is 0.600. The summed E-state index contributed by atoms with van der Waals surface area (Å²) in [5.74, 6) is -1.59. The molecule has 0 aliphatic carbocycles. The van der Waals surface area contributed by atoms with E-state index in [1.165, 1.54) is 29.2 Å². The Morgan fingerprint density at radius 1 is 1.47 bits per heavy atom. The SMILES string of the molecule is O=C(O)CC(c1ccc(F)cc1)N1CC(Cl)CC1=O. The minimum atomic E-state index is -1.01. The van der Waals surface area contributed by atoms with Crippen LogP contribution < -0.4 is 0 Å². The van der Waals surface area contributed by atoms with Crippen LogP contribution in [0.15, 0.2) is 24.3 Å². The summed E-state index contributed by atoms with van der Waals surface area (Å²) in [5, 5.41) is 8.67. The summed E-state index contributed by atoms with van der Waals surface area (Å²) in [6, 6.07) is 4.90.